The van der Waals surface area contributed by atoms with E-state index < -0.39 is 0 Å². The van der Waals surface area contributed by atoms with E-state index in [0.717, 1.165) is 38.2 Å². The van der Waals surface area contributed by atoms with Crippen molar-refractivity contribution in [3.63, 3.8) is 0 Å². The second kappa shape index (κ2) is 8.11. The lowest BCUT2D eigenvalue weighted by Crippen LogP contribution is -2.45. The van der Waals surface area contributed by atoms with Crippen molar-refractivity contribution in [3.8, 4) is 0 Å². The Morgan fingerprint density at radius 2 is 2.16 bits per heavy atom. The number of nitrogens with zero attached hydrogens (tertiary/aromatic N) is 3. The maximum absolute atomic E-state index is 12.3. The third kappa shape index (κ3) is 4.57. The normalized spacial score (nSPS) is 15.9. The molecule has 3 rings (SSSR count). The Kier molecular flexibility index (Phi) is 5.65. The van der Waals surface area contributed by atoms with Gasteiger partial charge in [-0.15, -0.1) is 0 Å². The van der Waals surface area contributed by atoms with E-state index in [0.29, 0.717) is 23.6 Å². The Balaban J connectivity index is 1.45. The number of rotatable bonds is 5. The van der Waals surface area contributed by atoms with Crippen molar-refractivity contribution in [3.05, 3.63) is 41.5 Å². The fourth-order valence-electron chi connectivity index (χ4n) is 3.11. The highest BCUT2D eigenvalue weighted by atomic mass is 16.5. The molecule has 2 aromatic rings. The summed E-state index contributed by atoms with van der Waals surface area (Å²) in [7, 11) is 0. The third-order valence-electron chi connectivity index (χ3n) is 4.53. The molecule has 25 heavy (non-hydrogen) atoms. The van der Waals surface area contributed by atoms with Gasteiger partial charge in [0.25, 0.3) is 0 Å². The maximum atomic E-state index is 12.3. The molecule has 0 saturated carbocycles. The van der Waals surface area contributed by atoms with Gasteiger partial charge in [-0.25, -0.2) is 4.79 Å². The molecule has 1 aliphatic heterocycles. The van der Waals surface area contributed by atoms with Crippen molar-refractivity contribution in [1.29, 1.82) is 0 Å². The van der Waals surface area contributed by atoms with Crippen LogP contribution in [0.4, 0.5) is 10.5 Å². The van der Waals surface area contributed by atoms with Crippen LogP contribution in [0, 0.1) is 6.92 Å². The van der Waals surface area contributed by atoms with Gasteiger partial charge in [-0.1, -0.05) is 18.1 Å². The van der Waals surface area contributed by atoms with Gasteiger partial charge in [-0.05, 0) is 31.9 Å². The summed E-state index contributed by atoms with van der Waals surface area (Å²) in [5, 5.41) is 9.84. The van der Waals surface area contributed by atoms with Crippen LogP contribution in [0.1, 0.15) is 36.9 Å². The minimum absolute atomic E-state index is 0.185. The molecule has 7 heteroatoms. The fourth-order valence-corrected chi connectivity index (χ4v) is 3.11. The van der Waals surface area contributed by atoms with Crippen LogP contribution in [0.3, 0.4) is 0 Å². The van der Waals surface area contributed by atoms with Crippen molar-refractivity contribution in [2.45, 2.75) is 45.7 Å². The molecule has 0 spiro atoms. The number of hydrogen-bond acceptors (Lipinski definition) is 5. The highest BCUT2D eigenvalue weighted by Crippen LogP contribution is 2.20. The number of pyridine rings is 1. The molecular formula is C18H25N5O2. The lowest BCUT2D eigenvalue weighted by molar-refractivity contribution is 0.188. The zero-order valence-electron chi connectivity index (χ0n) is 14.8. The molecule has 134 valence electrons. The van der Waals surface area contributed by atoms with Crippen LogP contribution in [0.2, 0.25) is 0 Å². The molecule has 0 atom stereocenters. The number of aromatic nitrogens is 2. The van der Waals surface area contributed by atoms with Crippen LogP contribution in [-0.4, -0.2) is 40.2 Å². The first-order chi connectivity index (χ1) is 12.2. The highest BCUT2D eigenvalue weighted by Gasteiger charge is 2.22. The molecule has 2 amide bonds. The van der Waals surface area contributed by atoms with E-state index in [4.69, 9.17) is 4.52 Å². The summed E-state index contributed by atoms with van der Waals surface area (Å²) in [5.41, 5.74) is 2.48. The van der Waals surface area contributed by atoms with Crippen LogP contribution in [0.15, 0.2) is 28.9 Å². The summed E-state index contributed by atoms with van der Waals surface area (Å²) in [6.07, 6.45) is 4.39. The second-order valence-electron chi connectivity index (χ2n) is 6.39. The topological polar surface area (TPSA) is 83.3 Å². The zero-order chi connectivity index (χ0) is 17.6. The van der Waals surface area contributed by atoms with E-state index in [1.807, 2.05) is 38.2 Å². The quantitative estimate of drug-likeness (QED) is 0.872. The number of carbonyl (C=O) groups is 1. The molecule has 2 aromatic heterocycles. The summed E-state index contributed by atoms with van der Waals surface area (Å²) < 4.78 is 5.20. The molecule has 0 aliphatic carbocycles. The van der Waals surface area contributed by atoms with Crippen molar-refractivity contribution < 1.29 is 9.32 Å². The van der Waals surface area contributed by atoms with Crippen LogP contribution < -0.4 is 10.6 Å². The molecule has 2 N–H and O–H groups in total. The minimum atomic E-state index is -0.191. The lowest BCUT2D eigenvalue weighted by atomic mass is 10.1. The first-order valence-corrected chi connectivity index (χ1v) is 8.80. The molecule has 7 nitrogen and oxygen atoms in total. The Labute approximate surface area is 147 Å². The Morgan fingerprint density at radius 3 is 2.84 bits per heavy atom. The number of likely N-dealkylation sites (tertiary alicyclic amines) is 1. The molecule has 0 bridgehead atoms. The Morgan fingerprint density at radius 1 is 1.36 bits per heavy atom. The van der Waals surface area contributed by atoms with Gasteiger partial charge < -0.3 is 15.2 Å². The van der Waals surface area contributed by atoms with Crippen molar-refractivity contribution >= 4 is 11.7 Å². The number of urea groups is 1. The van der Waals surface area contributed by atoms with Gasteiger partial charge in [-0.3, -0.25) is 9.88 Å². The first-order valence-electron chi connectivity index (χ1n) is 8.80. The summed E-state index contributed by atoms with van der Waals surface area (Å²) in [5.74, 6) is 0.706. The van der Waals surface area contributed by atoms with E-state index >= 15 is 0 Å². The van der Waals surface area contributed by atoms with Gasteiger partial charge in [0.15, 0.2) is 5.76 Å². The summed E-state index contributed by atoms with van der Waals surface area (Å²) >= 11 is 0. The average molecular weight is 343 g/mol. The van der Waals surface area contributed by atoms with Crippen molar-refractivity contribution in [2.24, 2.45) is 0 Å². The van der Waals surface area contributed by atoms with E-state index in [1.165, 1.54) is 0 Å². The standard InChI is InChI=1S/C18H25N5O2/c1-3-16-17(13(2)22-25-16)21-18(24)20-14-7-10-23(11-8-14)12-15-6-4-5-9-19-15/h4-6,9,14H,3,7-8,10-12H2,1-2H3,(H2,20,21,24). The Bertz CT molecular complexity index is 693. The smallest absolute Gasteiger partial charge is 0.319 e. The van der Waals surface area contributed by atoms with E-state index in [9.17, 15) is 4.79 Å². The summed E-state index contributed by atoms with van der Waals surface area (Å²) in [6, 6.07) is 5.98. The SMILES string of the molecule is CCc1onc(C)c1NC(=O)NC1CCN(Cc2ccccn2)CC1. The fraction of sp³-hybridized carbons (Fsp3) is 0.500. The minimum Gasteiger partial charge on any atom is -0.359 e. The van der Waals surface area contributed by atoms with Gasteiger partial charge in [-0.2, -0.15) is 0 Å². The summed E-state index contributed by atoms with van der Waals surface area (Å²) in [6.45, 7) is 6.57. The van der Waals surface area contributed by atoms with Gasteiger partial charge in [0.2, 0.25) is 0 Å². The predicted octanol–water partition coefficient (Wildman–Crippen LogP) is 2.73. The Hall–Kier alpha value is -2.41. The number of aryl methyl sites for hydroxylation is 2. The molecule has 0 unspecified atom stereocenters. The van der Waals surface area contributed by atoms with Crippen molar-refractivity contribution in [2.75, 3.05) is 18.4 Å². The molecule has 1 saturated heterocycles. The zero-order valence-corrected chi connectivity index (χ0v) is 14.8. The number of piperidine rings is 1. The van der Waals surface area contributed by atoms with Crippen LogP contribution in [0.25, 0.3) is 0 Å². The van der Waals surface area contributed by atoms with E-state index in [2.05, 4.69) is 25.7 Å². The van der Waals surface area contributed by atoms with Gasteiger partial charge >= 0.3 is 6.03 Å². The number of amides is 2. The predicted molar refractivity (Wildman–Crippen MR) is 95.3 cm³/mol. The second-order valence-corrected chi connectivity index (χ2v) is 6.39. The van der Waals surface area contributed by atoms with Gasteiger partial charge in [0.05, 0.1) is 5.69 Å². The summed E-state index contributed by atoms with van der Waals surface area (Å²) in [4.78, 5) is 19.0. The first kappa shape index (κ1) is 17.4. The number of anilines is 1. The number of nitrogens with one attached hydrogen (secondary N) is 2. The van der Waals surface area contributed by atoms with Crippen LogP contribution in [-0.2, 0) is 13.0 Å². The molecule has 3 heterocycles. The van der Waals surface area contributed by atoms with Crippen LogP contribution >= 0.6 is 0 Å². The highest BCUT2D eigenvalue weighted by molar-refractivity contribution is 5.90. The molecule has 1 fully saturated rings. The van der Waals surface area contributed by atoms with Gasteiger partial charge in [0, 0.05) is 38.3 Å². The van der Waals surface area contributed by atoms with E-state index in [1.54, 1.807) is 0 Å². The largest absolute Gasteiger partial charge is 0.359 e. The lowest BCUT2D eigenvalue weighted by Gasteiger charge is -2.32. The third-order valence-corrected chi connectivity index (χ3v) is 4.53. The van der Waals surface area contributed by atoms with Crippen molar-refractivity contribution in [1.82, 2.24) is 20.4 Å². The number of carbonyl (C=O) groups excluding carboxylic acids is 1. The average Bonchev–Trinajstić information content (AvgIpc) is 2.97. The monoisotopic (exact) mass is 343 g/mol. The van der Waals surface area contributed by atoms with Gasteiger partial charge in [0.1, 0.15) is 11.4 Å². The molecular weight excluding hydrogens is 318 g/mol. The van der Waals surface area contributed by atoms with E-state index in [-0.39, 0.29) is 12.1 Å². The molecule has 1 aliphatic rings. The number of hydrogen-bond donors (Lipinski definition) is 2. The molecule has 0 aromatic carbocycles. The maximum Gasteiger partial charge on any atom is 0.319 e. The molecule has 0 radical (unpaired) electrons. The van der Waals surface area contributed by atoms with Crippen LogP contribution in [0.5, 0.6) is 0 Å².